The maximum atomic E-state index is 5.10. The maximum absolute atomic E-state index is 5.10. The molecule has 0 aliphatic carbocycles. The van der Waals surface area contributed by atoms with E-state index in [-0.39, 0.29) is 0 Å². The highest BCUT2D eigenvalue weighted by Gasteiger charge is 2.03. The van der Waals surface area contributed by atoms with Gasteiger partial charge in [0.25, 0.3) is 0 Å². The van der Waals surface area contributed by atoms with Gasteiger partial charge < -0.3 is 14.6 Å². The molecule has 0 aliphatic heterocycles. The van der Waals surface area contributed by atoms with Crippen molar-refractivity contribution in [2.75, 3.05) is 12.4 Å². The standard InChI is InChI=1S/C12H16N4O/c1-9-14-15-12(16(9)2)8-13-10-4-6-11(17-3)7-5-10/h4-7,13H,8H2,1-3H3. The number of hydrogen-bond acceptors (Lipinski definition) is 4. The smallest absolute Gasteiger partial charge is 0.152 e. The lowest BCUT2D eigenvalue weighted by Gasteiger charge is -2.07. The molecule has 1 N–H and O–H groups in total. The largest absolute Gasteiger partial charge is 0.497 e. The summed E-state index contributed by atoms with van der Waals surface area (Å²) < 4.78 is 7.07. The van der Waals surface area contributed by atoms with Crippen molar-refractivity contribution in [2.45, 2.75) is 13.5 Å². The average Bonchev–Trinajstić information content (AvgIpc) is 2.68. The summed E-state index contributed by atoms with van der Waals surface area (Å²) in [5.74, 6) is 2.68. The molecule has 0 amide bonds. The molecule has 0 unspecified atom stereocenters. The fourth-order valence-electron chi connectivity index (χ4n) is 1.49. The van der Waals surface area contributed by atoms with Crippen LogP contribution in [-0.2, 0) is 13.6 Å². The minimum Gasteiger partial charge on any atom is -0.497 e. The van der Waals surface area contributed by atoms with Crippen LogP contribution in [0.4, 0.5) is 5.69 Å². The molecule has 5 nitrogen and oxygen atoms in total. The SMILES string of the molecule is COc1ccc(NCc2nnc(C)n2C)cc1. The lowest BCUT2D eigenvalue weighted by Crippen LogP contribution is -2.06. The molecule has 2 aromatic rings. The van der Waals surface area contributed by atoms with Crippen LogP contribution in [0.5, 0.6) is 5.75 Å². The predicted molar refractivity (Wildman–Crippen MR) is 66.1 cm³/mol. The summed E-state index contributed by atoms with van der Waals surface area (Å²) in [7, 11) is 3.62. The molecular formula is C12H16N4O. The molecule has 2 rings (SSSR count). The third-order valence-electron chi connectivity index (χ3n) is 2.72. The molecule has 0 atom stereocenters. The van der Waals surface area contributed by atoms with Crippen LogP contribution in [0.2, 0.25) is 0 Å². The van der Waals surface area contributed by atoms with E-state index in [4.69, 9.17) is 4.74 Å². The third-order valence-corrected chi connectivity index (χ3v) is 2.72. The Labute approximate surface area is 100 Å². The van der Waals surface area contributed by atoms with Gasteiger partial charge in [-0.25, -0.2) is 0 Å². The van der Waals surface area contributed by atoms with Gasteiger partial charge in [0.15, 0.2) is 5.82 Å². The van der Waals surface area contributed by atoms with E-state index in [9.17, 15) is 0 Å². The molecule has 17 heavy (non-hydrogen) atoms. The number of anilines is 1. The van der Waals surface area contributed by atoms with E-state index in [0.29, 0.717) is 6.54 Å². The molecule has 0 saturated heterocycles. The van der Waals surface area contributed by atoms with Crippen LogP contribution >= 0.6 is 0 Å². The van der Waals surface area contributed by atoms with Crippen LogP contribution in [-0.4, -0.2) is 21.9 Å². The molecule has 0 saturated carbocycles. The van der Waals surface area contributed by atoms with Gasteiger partial charge in [0.1, 0.15) is 11.6 Å². The van der Waals surface area contributed by atoms with Crippen LogP contribution < -0.4 is 10.1 Å². The summed E-state index contributed by atoms with van der Waals surface area (Å²) >= 11 is 0. The first kappa shape index (κ1) is 11.4. The highest BCUT2D eigenvalue weighted by atomic mass is 16.5. The van der Waals surface area contributed by atoms with Crippen LogP contribution in [0.25, 0.3) is 0 Å². The zero-order valence-corrected chi connectivity index (χ0v) is 10.3. The Kier molecular flexibility index (Phi) is 3.27. The van der Waals surface area contributed by atoms with Gasteiger partial charge in [-0.1, -0.05) is 0 Å². The summed E-state index contributed by atoms with van der Waals surface area (Å²) in [5, 5.41) is 11.4. The summed E-state index contributed by atoms with van der Waals surface area (Å²) in [4.78, 5) is 0. The molecule has 0 spiro atoms. The first-order chi connectivity index (χ1) is 8.20. The predicted octanol–water partition coefficient (Wildman–Crippen LogP) is 1.74. The zero-order chi connectivity index (χ0) is 12.3. The summed E-state index contributed by atoms with van der Waals surface area (Å²) in [6.07, 6.45) is 0. The Morgan fingerprint density at radius 2 is 1.94 bits per heavy atom. The Balaban J connectivity index is 2.00. The van der Waals surface area contributed by atoms with Gasteiger partial charge in [0.05, 0.1) is 13.7 Å². The Bertz CT molecular complexity index is 490. The second kappa shape index (κ2) is 4.86. The van der Waals surface area contributed by atoms with Crippen LogP contribution in [0.3, 0.4) is 0 Å². The lowest BCUT2D eigenvalue weighted by molar-refractivity contribution is 0.415. The van der Waals surface area contributed by atoms with Crippen molar-refractivity contribution in [3.63, 3.8) is 0 Å². The quantitative estimate of drug-likeness (QED) is 0.872. The van der Waals surface area contributed by atoms with E-state index in [1.54, 1.807) is 7.11 Å². The normalized spacial score (nSPS) is 10.3. The van der Waals surface area contributed by atoms with Crippen LogP contribution in [0.1, 0.15) is 11.6 Å². The monoisotopic (exact) mass is 232 g/mol. The van der Waals surface area contributed by atoms with Crippen LogP contribution in [0, 0.1) is 6.92 Å². The van der Waals surface area contributed by atoms with Gasteiger partial charge in [-0.05, 0) is 31.2 Å². The van der Waals surface area contributed by atoms with E-state index in [2.05, 4.69) is 15.5 Å². The molecule has 0 fully saturated rings. The van der Waals surface area contributed by atoms with Gasteiger partial charge in [0, 0.05) is 12.7 Å². The first-order valence-electron chi connectivity index (χ1n) is 5.43. The van der Waals surface area contributed by atoms with Gasteiger partial charge in [-0.15, -0.1) is 10.2 Å². The molecule has 0 aliphatic rings. The van der Waals surface area contributed by atoms with E-state index in [1.807, 2.05) is 42.8 Å². The molecule has 5 heteroatoms. The summed E-state index contributed by atoms with van der Waals surface area (Å²) in [5.41, 5.74) is 1.03. The number of aryl methyl sites for hydroxylation is 1. The van der Waals surface area contributed by atoms with E-state index in [1.165, 1.54) is 0 Å². The molecule has 1 heterocycles. The van der Waals surface area contributed by atoms with E-state index in [0.717, 1.165) is 23.1 Å². The van der Waals surface area contributed by atoms with Crippen molar-refractivity contribution in [1.29, 1.82) is 0 Å². The van der Waals surface area contributed by atoms with Crippen LogP contribution in [0.15, 0.2) is 24.3 Å². The van der Waals surface area contributed by atoms with Crippen molar-refractivity contribution in [3.8, 4) is 5.75 Å². The molecule has 90 valence electrons. The van der Waals surface area contributed by atoms with Gasteiger partial charge in [-0.3, -0.25) is 0 Å². The molecule has 1 aromatic carbocycles. The second-order valence-electron chi connectivity index (χ2n) is 3.80. The van der Waals surface area contributed by atoms with Gasteiger partial charge in [0.2, 0.25) is 0 Å². The number of nitrogens with one attached hydrogen (secondary N) is 1. The fourth-order valence-corrected chi connectivity index (χ4v) is 1.49. The van der Waals surface area contributed by atoms with Crippen molar-refractivity contribution in [2.24, 2.45) is 7.05 Å². The second-order valence-corrected chi connectivity index (χ2v) is 3.80. The highest BCUT2D eigenvalue weighted by molar-refractivity contribution is 5.46. The number of hydrogen-bond donors (Lipinski definition) is 1. The number of ether oxygens (including phenoxy) is 1. The van der Waals surface area contributed by atoms with Crippen molar-refractivity contribution < 1.29 is 4.74 Å². The molecule has 0 bridgehead atoms. The van der Waals surface area contributed by atoms with Crippen molar-refractivity contribution >= 4 is 5.69 Å². The topological polar surface area (TPSA) is 52.0 Å². The van der Waals surface area contributed by atoms with Gasteiger partial charge in [-0.2, -0.15) is 0 Å². The number of methoxy groups -OCH3 is 1. The maximum Gasteiger partial charge on any atom is 0.152 e. The minimum absolute atomic E-state index is 0.656. The molecular weight excluding hydrogens is 216 g/mol. The average molecular weight is 232 g/mol. The number of aromatic nitrogens is 3. The minimum atomic E-state index is 0.656. The third kappa shape index (κ3) is 2.55. The summed E-state index contributed by atoms with van der Waals surface area (Å²) in [6, 6.07) is 7.79. The van der Waals surface area contributed by atoms with Gasteiger partial charge >= 0.3 is 0 Å². The van der Waals surface area contributed by atoms with Crippen molar-refractivity contribution in [1.82, 2.24) is 14.8 Å². The Morgan fingerprint density at radius 3 is 2.47 bits per heavy atom. The Morgan fingerprint density at radius 1 is 1.24 bits per heavy atom. The number of benzene rings is 1. The number of rotatable bonds is 4. The first-order valence-corrected chi connectivity index (χ1v) is 5.43. The lowest BCUT2D eigenvalue weighted by atomic mass is 10.3. The molecule has 0 radical (unpaired) electrons. The van der Waals surface area contributed by atoms with E-state index < -0.39 is 0 Å². The Hall–Kier alpha value is -2.04. The summed E-state index contributed by atoms with van der Waals surface area (Å²) in [6.45, 7) is 2.59. The zero-order valence-electron chi connectivity index (χ0n) is 10.3. The van der Waals surface area contributed by atoms with E-state index >= 15 is 0 Å². The fraction of sp³-hybridized carbons (Fsp3) is 0.333. The van der Waals surface area contributed by atoms with Crippen molar-refractivity contribution in [3.05, 3.63) is 35.9 Å². The number of nitrogens with zero attached hydrogens (tertiary/aromatic N) is 3. The molecule has 1 aromatic heterocycles. The highest BCUT2D eigenvalue weighted by Crippen LogP contribution is 2.15.